The lowest BCUT2D eigenvalue weighted by Crippen LogP contribution is -2.51. The Morgan fingerprint density at radius 2 is 2.00 bits per heavy atom. The molecule has 2 aliphatic rings. The molecule has 1 aliphatic heterocycles. The number of carbonyl (C=O) groups excluding carboxylic acids is 1. The van der Waals surface area contributed by atoms with Crippen LogP contribution in [-0.4, -0.2) is 60.6 Å². The third-order valence-corrected chi connectivity index (χ3v) is 3.88. The highest BCUT2D eigenvalue weighted by Gasteiger charge is 2.29. The average Bonchev–Trinajstić information content (AvgIpc) is 3.18. The van der Waals surface area contributed by atoms with Crippen molar-refractivity contribution < 1.29 is 9.53 Å². The molecule has 0 spiro atoms. The van der Waals surface area contributed by atoms with E-state index < -0.39 is 0 Å². The Morgan fingerprint density at radius 1 is 1.35 bits per heavy atom. The Bertz CT molecular complexity index is 366. The third-order valence-electron chi connectivity index (χ3n) is 3.88. The quantitative estimate of drug-likeness (QED) is 0.734. The van der Waals surface area contributed by atoms with Gasteiger partial charge in [-0.05, 0) is 32.6 Å². The van der Waals surface area contributed by atoms with Crippen LogP contribution in [-0.2, 0) is 9.53 Å². The van der Waals surface area contributed by atoms with Gasteiger partial charge in [-0.25, -0.2) is 0 Å². The van der Waals surface area contributed by atoms with Gasteiger partial charge in [0.25, 0.3) is 0 Å². The zero-order valence-corrected chi connectivity index (χ0v) is 12.5. The summed E-state index contributed by atoms with van der Waals surface area (Å²) in [5.74, 6) is 0.912. The second kappa shape index (κ2) is 7.05. The third kappa shape index (κ3) is 4.77. The molecule has 0 N–H and O–H groups in total. The molecule has 5 heteroatoms. The molecule has 20 heavy (non-hydrogen) atoms. The van der Waals surface area contributed by atoms with Crippen LogP contribution in [0.25, 0.3) is 0 Å². The minimum atomic E-state index is 0.110. The highest BCUT2D eigenvalue weighted by Crippen LogP contribution is 2.29. The molecule has 0 aromatic carbocycles. The van der Waals surface area contributed by atoms with Crippen LogP contribution < -0.4 is 0 Å². The zero-order chi connectivity index (χ0) is 14.5. The first-order valence-corrected chi connectivity index (χ1v) is 7.61. The molecule has 1 heterocycles. The maximum atomic E-state index is 12.4. The topological polar surface area (TPSA) is 56.6 Å². The largest absolute Gasteiger partial charge is 0.372 e. The van der Waals surface area contributed by atoms with Crippen molar-refractivity contribution in [1.29, 1.82) is 5.26 Å². The Balaban J connectivity index is 1.84. The first-order valence-electron chi connectivity index (χ1n) is 7.61. The van der Waals surface area contributed by atoms with E-state index in [-0.39, 0.29) is 18.1 Å². The SMILES string of the molecule is C[C@H]1CN(C(=O)CN(CCC#N)CC2CC2)C[C@H](C)O1. The van der Waals surface area contributed by atoms with E-state index in [1.807, 2.05) is 18.7 Å². The summed E-state index contributed by atoms with van der Waals surface area (Å²) < 4.78 is 5.66. The lowest BCUT2D eigenvalue weighted by molar-refractivity contribution is -0.144. The fraction of sp³-hybridized carbons (Fsp3) is 0.867. The van der Waals surface area contributed by atoms with Gasteiger partial charge in [0.05, 0.1) is 24.8 Å². The van der Waals surface area contributed by atoms with E-state index >= 15 is 0 Å². The molecule has 2 atom stereocenters. The van der Waals surface area contributed by atoms with E-state index in [2.05, 4.69) is 11.0 Å². The number of nitrogens with zero attached hydrogens (tertiary/aromatic N) is 3. The number of hydrogen-bond acceptors (Lipinski definition) is 4. The van der Waals surface area contributed by atoms with Crippen LogP contribution in [0.2, 0.25) is 0 Å². The molecule has 0 unspecified atom stereocenters. The number of nitriles is 1. The van der Waals surface area contributed by atoms with Crippen molar-refractivity contribution in [3.63, 3.8) is 0 Å². The summed E-state index contributed by atoms with van der Waals surface area (Å²) in [6.45, 7) is 7.48. The van der Waals surface area contributed by atoms with Gasteiger partial charge in [0, 0.05) is 32.6 Å². The predicted molar refractivity (Wildman–Crippen MR) is 76.0 cm³/mol. The molecule has 0 bridgehead atoms. The monoisotopic (exact) mass is 279 g/mol. The minimum absolute atomic E-state index is 0.110. The maximum Gasteiger partial charge on any atom is 0.236 e. The second-order valence-corrected chi connectivity index (χ2v) is 6.14. The van der Waals surface area contributed by atoms with Gasteiger partial charge in [-0.15, -0.1) is 0 Å². The molecule has 0 aromatic rings. The lowest BCUT2D eigenvalue weighted by Gasteiger charge is -2.36. The standard InChI is InChI=1S/C15H25N3O2/c1-12-8-18(9-13(2)20-12)15(19)11-17(7-3-6-16)10-14-4-5-14/h12-14H,3-5,7-11H2,1-2H3/t12-,13-/m0/s1. The first-order chi connectivity index (χ1) is 9.58. The normalized spacial score (nSPS) is 26.6. The Kier molecular flexibility index (Phi) is 5.38. The predicted octanol–water partition coefficient (Wildman–Crippen LogP) is 1.25. The van der Waals surface area contributed by atoms with Crippen molar-refractivity contribution in [1.82, 2.24) is 9.80 Å². The summed E-state index contributed by atoms with van der Waals surface area (Å²) in [6, 6.07) is 2.17. The van der Waals surface area contributed by atoms with Crippen LogP contribution in [0.3, 0.4) is 0 Å². The van der Waals surface area contributed by atoms with Gasteiger partial charge < -0.3 is 9.64 Å². The fourth-order valence-electron chi connectivity index (χ4n) is 2.78. The van der Waals surface area contributed by atoms with Gasteiger partial charge in [0.15, 0.2) is 0 Å². The van der Waals surface area contributed by atoms with Crippen LogP contribution in [0.15, 0.2) is 0 Å². The fourth-order valence-corrected chi connectivity index (χ4v) is 2.78. The smallest absolute Gasteiger partial charge is 0.236 e. The summed E-state index contributed by atoms with van der Waals surface area (Å²) in [7, 11) is 0. The molecule has 0 radical (unpaired) electrons. The van der Waals surface area contributed by atoms with Crippen LogP contribution in [0.4, 0.5) is 0 Å². The molecule has 1 saturated carbocycles. The number of morpholine rings is 1. The summed E-state index contributed by atoms with van der Waals surface area (Å²) in [5, 5.41) is 8.73. The molecule has 2 fully saturated rings. The van der Waals surface area contributed by atoms with E-state index in [1.165, 1.54) is 12.8 Å². The Hall–Kier alpha value is -1.12. The second-order valence-electron chi connectivity index (χ2n) is 6.14. The van der Waals surface area contributed by atoms with Crippen molar-refractivity contribution >= 4 is 5.91 Å². The van der Waals surface area contributed by atoms with Gasteiger partial charge in [-0.2, -0.15) is 5.26 Å². The first kappa shape index (κ1) is 15.3. The number of hydrogen-bond donors (Lipinski definition) is 0. The maximum absolute atomic E-state index is 12.4. The molecular formula is C15H25N3O2. The Labute approximate surface area is 121 Å². The summed E-state index contributed by atoms with van der Waals surface area (Å²) in [6.07, 6.45) is 3.25. The minimum Gasteiger partial charge on any atom is -0.372 e. The van der Waals surface area contributed by atoms with E-state index in [4.69, 9.17) is 10.00 Å². The van der Waals surface area contributed by atoms with Crippen LogP contribution in [0.5, 0.6) is 0 Å². The van der Waals surface area contributed by atoms with Crippen molar-refractivity contribution in [3.05, 3.63) is 0 Å². The van der Waals surface area contributed by atoms with Crippen molar-refractivity contribution in [3.8, 4) is 6.07 Å². The Morgan fingerprint density at radius 3 is 2.55 bits per heavy atom. The number of amides is 1. The van der Waals surface area contributed by atoms with Crippen molar-refractivity contribution in [2.24, 2.45) is 5.92 Å². The molecule has 1 amide bonds. The van der Waals surface area contributed by atoms with Crippen molar-refractivity contribution in [2.75, 3.05) is 32.7 Å². The molecular weight excluding hydrogens is 254 g/mol. The van der Waals surface area contributed by atoms with Crippen LogP contribution in [0, 0.1) is 17.2 Å². The van der Waals surface area contributed by atoms with E-state index in [0.717, 1.165) is 12.5 Å². The average molecular weight is 279 g/mol. The van der Waals surface area contributed by atoms with Crippen LogP contribution >= 0.6 is 0 Å². The number of carbonyl (C=O) groups is 1. The molecule has 5 nitrogen and oxygen atoms in total. The van der Waals surface area contributed by atoms with Gasteiger partial charge in [0.2, 0.25) is 5.91 Å². The molecule has 1 saturated heterocycles. The lowest BCUT2D eigenvalue weighted by atomic mass is 10.2. The summed E-state index contributed by atoms with van der Waals surface area (Å²) in [5.41, 5.74) is 0. The summed E-state index contributed by atoms with van der Waals surface area (Å²) >= 11 is 0. The highest BCUT2D eigenvalue weighted by molar-refractivity contribution is 5.78. The van der Waals surface area contributed by atoms with E-state index in [0.29, 0.717) is 32.6 Å². The highest BCUT2D eigenvalue weighted by atomic mass is 16.5. The van der Waals surface area contributed by atoms with Gasteiger partial charge in [0.1, 0.15) is 0 Å². The number of rotatable bonds is 6. The van der Waals surface area contributed by atoms with Gasteiger partial charge in [-0.3, -0.25) is 9.69 Å². The molecule has 0 aromatic heterocycles. The van der Waals surface area contributed by atoms with Crippen molar-refractivity contribution in [2.45, 2.75) is 45.3 Å². The zero-order valence-electron chi connectivity index (χ0n) is 12.5. The summed E-state index contributed by atoms with van der Waals surface area (Å²) in [4.78, 5) is 16.5. The number of ether oxygens (including phenoxy) is 1. The molecule has 1 aliphatic carbocycles. The molecule has 2 rings (SSSR count). The van der Waals surface area contributed by atoms with Gasteiger partial charge >= 0.3 is 0 Å². The van der Waals surface area contributed by atoms with E-state index in [9.17, 15) is 4.79 Å². The van der Waals surface area contributed by atoms with Gasteiger partial charge in [-0.1, -0.05) is 0 Å². The van der Waals surface area contributed by atoms with E-state index in [1.54, 1.807) is 0 Å². The molecule has 112 valence electrons. The van der Waals surface area contributed by atoms with Crippen LogP contribution in [0.1, 0.15) is 33.1 Å².